The molecule has 184 valence electrons. The standard InChI is InChI=1S/C26H29N3O5S/c1-20(14-15-21-10-6-4-7-11-21)27-28-26(30)19-29(35(31,32)23-12-8-5-9-13-23)24-17-16-22(33-2)18-25(24)34-3/h4-13,16-18H,14-15,19H2,1-3H3,(H,28,30)/b27-20-. The van der Waals surface area contributed by atoms with Gasteiger partial charge in [0.1, 0.15) is 18.0 Å². The van der Waals surface area contributed by atoms with E-state index in [2.05, 4.69) is 10.5 Å². The molecule has 0 heterocycles. The summed E-state index contributed by atoms with van der Waals surface area (Å²) in [4.78, 5) is 12.9. The number of methoxy groups -OCH3 is 2. The Morgan fingerprint density at radius 1 is 0.943 bits per heavy atom. The fourth-order valence-electron chi connectivity index (χ4n) is 3.36. The number of carbonyl (C=O) groups is 1. The molecule has 0 aliphatic heterocycles. The van der Waals surface area contributed by atoms with E-state index in [0.717, 1.165) is 16.4 Å². The zero-order valence-electron chi connectivity index (χ0n) is 20.0. The number of hydrogen-bond acceptors (Lipinski definition) is 6. The van der Waals surface area contributed by atoms with E-state index in [9.17, 15) is 13.2 Å². The molecular formula is C26H29N3O5S. The van der Waals surface area contributed by atoms with E-state index >= 15 is 0 Å². The third kappa shape index (κ3) is 6.83. The van der Waals surface area contributed by atoms with Crippen LogP contribution in [0.25, 0.3) is 0 Å². The molecule has 3 aromatic carbocycles. The zero-order valence-corrected chi connectivity index (χ0v) is 20.8. The summed E-state index contributed by atoms with van der Waals surface area (Å²) < 4.78 is 38.7. The lowest BCUT2D eigenvalue weighted by atomic mass is 10.1. The number of benzene rings is 3. The lowest BCUT2D eigenvalue weighted by Crippen LogP contribution is -2.40. The summed E-state index contributed by atoms with van der Waals surface area (Å²) >= 11 is 0. The Morgan fingerprint density at radius 2 is 1.60 bits per heavy atom. The highest BCUT2D eigenvalue weighted by Gasteiger charge is 2.29. The summed E-state index contributed by atoms with van der Waals surface area (Å²) in [6, 6.07) is 22.6. The molecule has 9 heteroatoms. The second-order valence-electron chi connectivity index (χ2n) is 7.73. The van der Waals surface area contributed by atoms with Gasteiger partial charge in [0.2, 0.25) is 0 Å². The molecule has 0 aliphatic rings. The Balaban J connectivity index is 1.83. The Kier molecular flexibility index (Phi) is 8.86. The van der Waals surface area contributed by atoms with E-state index < -0.39 is 22.5 Å². The van der Waals surface area contributed by atoms with Crippen molar-refractivity contribution in [1.29, 1.82) is 0 Å². The van der Waals surface area contributed by atoms with Crippen LogP contribution in [0.5, 0.6) is 11.5 Å². The number of aryl methyl sites for hydroxylation is 1. The maximum atomic E-state index is 13.5. The fourth-order valence-corrected chi connectivity index (χ4v) is 4.81. The predicted octanol–water partition coefficient (Wildman–Crippen LogP) is 4.02. The first-order chi connectivity index (χ1) is 16.8. The summed E-state index contributed by atoms with van der Waals surface area (Å²) in [6.45, 7) is 1.32. The molecule has 1 N–H and O–H groups in total. The largest absolute Gasteiger partial charge is 0.497 e. The van der Waals surface area contributed by atoms with Crippen LogP contribution in [0.3, 0.4) is 0 Å². The molecule has 0 fully saturated rings. The minimum absolute atomic E-state index is 0.0493. The van der Waals surface area contributed by atoms with Crippen LogP contribution in [0, 0.1) is 0 Å². The van der Waals surface area contributed by atoms with E-state index in [1.54, 1.807) is 36.4 Å². The Bertz CT molecular complexity index is 1260. The molecule has 35 heavy (non-hydrogen) atoms. The van der Waals surface area contributed by atoms with Crippen LogP contribution in [0.15, 0.2) is 88.9 Å². The third-order valence-electron chi connectivity index (χ3n) is 5.26. The molecule has 8 nitrogen and oxygen atoms in total. The van der Waals surface area contributed by atoms with Crippen molar-refractivity contribution in [2.45, 2.75) is 24.7 Å². The number of hydrazone groups is 1. The van der Waals surface area contributed by atoms with E-state index in [-0.39, 0.29) is 16.3 Å². The number of carbonyl (C=O) groups excluding carboxylic acids is 1. The van der Waals surface area contributed by atoms with Crippen molar-refractivity contribution in [2.75, 3.05) is 25.1 Å². The first kappa shape index (κ1) is 25.8. The molecule has 0 saturated carbocycles. The average molecular weight is 496 g/mol. The van der Waals surface area contributed by atoms with Crippen molar-refractivity contribution in [3.05, 3.63) is 84.4 Å². The molecule has 0 saturated heterocycles. The maximum Gasteiger partial charge on any atom is 0.264 e. The van der Waals surface area contributed by atoms with Crippen molar-refractivity contribution in [3.8, 4) is 11.5 Å². The zero-order chi connectivity index (χ0) is 25.3. The van der Waals surface area contributed by atoms with Gasteiger partial charge >= 0.3 is 0 Å². The number of amides is 1. The fraction of sp³-hybridized carbons (Fsp3) is 0.231. The van der Waals surface area contributed by atoms with Gasteiger partial charge < -0.3 is 9.47 Å². The molecule has 0 aliphatic carbocycles. The summed E-state index contributed by atoms with van der Waals surface area (Å²) in [6.07, 6.45) is 1.44. The van der Waals surface area contributed by atoms with Crippen LogP contribution < -0.4 is 19.2 Å². The molecule has 3 rings (SSSR count). The van der Waals surface area contributed by atoms with Crippen LogP contribution in [0.2, 0.25) is 0 Å². The summed E-state index contributed by atoms with van der Waals surface area (Å²) in [5.41, 5.74) is 4.58. The molecule has 0 bridgehead atoms. The van der Waals surface area contributed by atoms with Gasteiger partial charge in [0.25, 0.3) is 15.9 Å². The molecule has 3 aromatic rings. The molecule has 0 spiro atoms. The number of hydrogen-bond donors (Lipinski definition) is 1. The van der Waals surface area contributed by atoms with Crippen molar-refractivity contribution < 1.29 is 22.7 Å². The quantitative estimate of drug-likeness (QED) is 0.320. The van der Waals surface area contributed by atoms with Crippen LogP contribution in [0.4, 0.5) is 5.69 Å². The summed E-state index contributed by atoms with van der Waals surface area (Å²) in [5.74, 6) is 0.159. The van der Waals surface area contributed by atoms with Gasteiger partial charge in [0, 0.05) is 11.8 Å². The highest BCUT2D eigenvalue weighted by Crippen LogP contribution is 2.35. The topological polar surface area (TPSA) is 97.3 Å². The molecule has 0 radical (unpaired) electrons. The van der Waals surface area contributed by atoms with Gasteiger partial charge in [-0.3, -0.25) is 9.10 Å². The smallest absolute Gasteiger partial charge is 0.264 e. The van der Waals surface area contributed by atoms with Gasteiger partial charge in [-0.1, -0.05) is 48.5 Å². The number of ether oxygens (including phenoxy) is 2. The molecular weight excluding hydrogens is 466 g/mol. The number of rotatable bonds is 11. The first-order valence-corrected chi connectivity index (χ1v) is 12.4. The SMILES string of the molecule is COc1ccc(N(CC(=O)N/N=C(/C)CCc2ccccc2)S(=O)(=O)c2ccccc2)c(OC)c1. The van der Waals surface area contributed by atoms with Crippen LogP contribution >= 0.6 is 0 Å². The molecule has 1 amide bonds. The Hall–Kier alpha value is -3.85. The first-order valence-electron chi connectivity index (χ1n) is 11.0. The molecule has 0 aromatic heterocycles. The predicted molar refractivity (Wildman–Crippen MR) is 137 cm³/mol. The minimum atomic E-state index is -4.08. The minimum Gasteiger partial charge on any atom is -0.497 e. The summed E-state index contributed by atoms with van der Waals surface area (Å²) in [5, 5.41) is 4.16. The number of nitrogens with zero attached hydrogens (tertiary/aromatic N) is 2. The van der Waals surface area contributed by atoms with Gasteiger partial charge in [0.15, 0.2) is 0 Å². The second-order valence-corrected chi connectivity index (χ2v) is 9.59. The van der Waals surface area contributed by atoms with Gasteiger partial charge in [-0.2, -0.15) is 5.10 Å². The Labute approximate surface area is 206 Å². The van der Waals surface area contributed by atoms with E-state index in [1.807, 2.05) is 37.3 Å². The van der Waals surface area contributed by atoms with Gasteiger partial charge in [-0.05, 0) is 49.6 Å². The number of anilines is 1. The van der Waals surface area contributed by atoms with Crippen LogP contribution in [0.1, 0.15) is 18.9 Å². The monoisotopic (exact) mass is 495 g/mol. The highest BCUT2D eigenvalue weighted by molar-refractivity contribution is 7.92. The van der Waals surface area contributed by atoms with Crippen LogP contribution in [-0.4, -0.2) is 40.8 Å². The summed E-state index contributed by atoms with van der Waals surface area (Å²) in [7, 11) is -1.16. The third-order valence-corrected chi connectivity index (χ3v) is 7.04. The van der Waals surface area contributed by atoms with E-state index in [0.29, 0.717) is 12.2 Å². The van der Waals surface area contributed by atoms with E-state index in [4.69, 9.17) is 9.47 Å². The van der Waals surface area contributed by atoms with Crippen LogP contribution in [-0.2, 0) is 21.2 Å². The normalized spacial score (nSPS) is 11.6. The lowest BCUT2D eigenvalue weighted by molar-refractivity contribution is -0.119. The number of sulfonamides is 1. The molecule has 0 unspecified atom stereocenters. The van der Waals surface area contributed by atoms with Gasteiger partial charge in [0.05, 0.1) is 24.8 Å². The second kappa shape index (κ2) is 12.0. The van der Waals surface area contributed by atoms with E-state index in [1.165, 1.54) is 31.9 Å². The van der Waals surface area contributed by atoms with Crippen molar-refractivity contribution >= 4 is 27.3 Å². The maximum absolute atomic E-state index is 13.5. The highest BCUT2D eigenvalue weighted by atomic mass is 32.2. The average Bonchev–Trinajstić information content (AvgIpc) is 2.90. The van der Waals surface area contributed by atoms with Gasteiger partial charge in [-0.25, -0.2) is 13.8 Å². The Morgan fingerprint density at radius 3 is 2.23 bits per heavy atom. The molecule has 0 atom stereocenters. The van der Waals surface area contributed by atoms with Crippen molar-refractivity contribution in [1.82, 2.24) is 5.43 Å². The van der Waals surface area contributed by atoms with Crippen molar-refractivity contribution in [2.24, 2.45) is 5.10 Å². The van der Waals surface area contributed by atoms with Crippen molar-refractivity contribution in [3.63, 3.8) is 0 Å². The van der Waals surface area contributed by atoms with Gasteiger partial charge in [-0.15, -0.1) is 0 Å². The number of nitrogens with one attached hydrogen (secondary N) is 1. The lowest BCUT2D eigenvalue weighted by Gasteiger charge is -2.25.